The molecule has 136 valence electrons. The number of aliphatic hydroxyl groups is 1. The monoisotopic (exact) mass is 349 g/mol. The second kappa shape index (κ2) is 6.61. The Labute approximate surface area is 146 Å². The molecule has 2 aliphatic heterocycles. The number of fused-ring (bicyclic) bond motifs is 1. The van der Waals surface area contributed by atoms with E-state index in [-0.39, 0.29) is 35.1 Å². The van der Waals surface area contributed by atoms with Gasteiger partial charge < -0.3 is 19.6 Å². The first-order valence-corrected chi connectivity index (χ1v) is 8.48. The van der Waals surface area contributed by atoms with Crippen LogP contribution in [0.25, 0.3) is 0 Å². The van der Waals surface area contributed by atoms with Crippen molar-refractivity contribution in [2.45, 2.75) is 45.1 Å². The average molecular weight is 349 g/mol. The third kappa shape index (κ3) is 3.19. The minimum absolute atomic E-state index is 0.0698. The first-order chi connectivity index (χ1) is 11.8. The predicted octanol–water partition coefficient (Wildman–Crippen LogP) is 1.92. The van der Waals surface area contributed by atoms with Crippen molar-refractivity contribution in [3.05, 3.63) is 33.4 Å². The van der Waals surface area contributed by atoms with Gasteiger partial charge in [0.1, 0.15) is 0 Å². The fourth-order valence-electron chi connectivity index (χ4n) is 3.51. The van der Waals surface area contributed by atoms with Gasteiger partial charge in [0.2, 0.25) is 0 Å². The van der Waals surface area contributed by atoms with E-state index in [0.717, 1.165) is 25.9 Å². The molecule has 1 N–H and O–H groups in total. The standard InChI is InChI=1S/C17H23N3O5/c1-10(2)25-15-9-13-12(8-14(15)20(23)24)16(21)19(17(13)22)11-4-6-18(3)7-5-11/h8-11,17,22H,4-7H2,1-3H3. The van der Waals surface area contributed by atoms with Gasteiger partial charge in [-0.15, -0.1) is 0 Å². The number of nitro benzene ring substituents is 1. The van der Waals surface area contributed by atoms with Gasteiger partial charge in [0.15, 0.2) is 12.0 Å². The molecule has 3 rings (SSSR count). The predicted molar refractivity (Wildman–Crippen MR) is 90.5 cm³/mol. The lowest BCUT2D eigenvalue weighted by Gasteiger charge is -2.36. The van der Waals surface area contributed by atoms with Crippen molar-refractivity contribution in [2.75, 3.05) is 20.1 Å². The average Bonchev–Trinajstić information content (AvgIpc) is 2.78. The number of carbonyl (C=O) groups is 1. The van der Waals surface area contributed by atoms with Gasteiger partial charge in [-0.05, 0) is 52.9 Å². The highest BCUT2D eigenvalue weighted by molar-refractivity contribution is 6.00. The summed E-state index contributed by atoms with van der Waals surface area (Å²) < 4.78 is 5.52. The van der Waals surface area contributed by atoms with Crippen LogP contribution in [-0.4, -0.2) is 58.0 Å². The molecule has 2 aliphatic rings. The molecule has 0 saturated carbocycles. The van der Waals surface area contributed by atoms with Crippen molar-refractivity contribution in [3.8, 4) is 5.75 Å². The van der Waals surface area contributed by atoms with E-state index in [1.807, 2.05) is 7.05 Å². The molecule has 8 nitrogen and oxygen atoms in total. The van der Waals surface area contributed by atoms with Crippen molar-refractivity contribution in [1.82, 2.24) is 9.80 Å². The number of carbonyl (C=O) groups excluding carboxylic acids is 1. The summed E-state index contributed by atoms with van der Waals surface area (Å²) in [5, 5.41) is 22.0. The second-order valence-electron chi connectivity index (χ2n) is 6.95. The minimum Gasteiger partial charge on any atom is -0.484 e. The number of nitro groups is 1. The first-order valence-electron chi connectivity index (χ1n) is 8.48. The van der Waals surface area contributed by atoms with Gasteiger partial charge in [-0.3, -0.25) is 14.9 Å². The molecule has 2 heterocycles. The molecule has 1 aromatic rings. The molecule has 0 aliphatic carbocycles. The Bertz CT molecular complexity index is 698. The van der Waals surface area contributed by atoms with Crippen LogP contribution in [0.2, 0.25) is 0 Å². The zero-order valence-electron chi connectivity index (χ0n) is 14.6. The van der Waals surface area contributed by atoms with E-state index in [4.69, 9.17) is 4.74 Å². The Hall–Kier alpha value is -2.19. The van der Waals surface area contributed by atoms with Crippen LogP contribution in [0.1, 0.15) is 48.8 Å². The van der Waals surface area contributed by atoms with Gasteiger partial charge >= 0.3 is 5.69 Å². The van der Waals surface area contributed by atoms with Crippen molar-refractivity contribution in [3.63, 3.8) is 0 Å². The molecule has 1 aromatic carbocycles. The Balaban J connectivity index is 1.96. The summed E-state index contributed by atoms with van der Waals surface area (Å²) >= 11 is 0. The lowest BCUT2D eigenvalue weighted by molar-refractivity contribution is -0.386. The third-order valence-electron chi connectivity index (χ3n) is 4.78. The van der Waals surface area contributed by atoms with Crippen LogP contribution in [0, 0.1) is 10.1 Å². The fourth-order valence-corrected chi connectivity index (χ4v) is 3.51. The van der Waals surface area contributed by atoms with Crippen LogP contribution >= 0.6 is 0 Å². The molecular formula is C17H23N3O5. The van der Waals surface area contributed by atoms with Gasteiger partial charge in [-0.2, -0.15) is 0 Å². The largest absolute Gasteiger partial charge is 0.484 e. The molecular weight excluding hydrogens is 326 g/mol. The molecule has 0 aromatic heterocycles. The third-order valence-corrected chi connectivity index (χ3v) is 4.78. The maximum absolute atomic E-state index is 12.8. The van der Waals surface area contributed by atoms with E-state index in [0.29, 0.717) is 5.56 Å². The number of piperidine rings is 1. The Morgan fingerprint density at radius 1 is 1.32 bits per heavy atom. The molecule has 0 spiro atoms. The van der Waals surface area contributed by atoms with Crippen molar-refractivity contribution >= 4 is 11.6 Å². The Morgan fingerprint density at radius 3 is 2.52 bits per heavy atom. The van der Waals surface area contributed by atoms with Crippen molar-refractivity contribution < 1.29 is 19.6 Å². The van der Waals surface area contributed by atoms with Crippen LogP contribution in [0.5, 0.6) is 5.75 Å². The smallest absolute Gasteiger partial charge is 0.311 e. The zero-order valence-corrected chi connectivity index (χ0v) is 14.6. The molecule has 1 unspecified atom stereocenters. The summed E-state index contributed by atoms with van der Waals surface area (Å²) in [7, 11) is 2.02. The molecule has 1 fully saturated rings. The van der Waals surface area contributed by atoms with Gasteiger partial charge in [-0.1, -0.05) is 0 Å². The summed E-state index contributed by atoms with van der Waals surface area (Å²) in [6.07, 6.45) is 0.192. The maximum atomic E-state index is 12.8. The maximum Gasteiger partial charge on any atom is 0.311 e. The van der Waals surface area contributed by atoms with Crippen LogP contribution < -0.4 is 4.74 Å². The number of ether oxygens (including phenoxy) is 1. The van der Waals surface area contributed by atoms with Crippen LogP contribution in [-0.2, 0) is 0 Å². The normalized spacial score (nSPS) is 21.7. The number of hydrogen-bond acceptors (Lipinski definition) is 6. The van der Waals surface area contributed by atoms with E-state index in [9.17, 15) is 20.0 Å². The lowest BCUT2D eigenvalue weighted by Crippen LogP contribution is -2.45. The highest BCUT2D eigenvalue weighted by atomic mass is 16.6. The molecule has 1 saturated heterocycles. The summed E-state index contributed by atoms with van der Waals surface area (Å²) in [4.78, 5) is 27.2. The van der Waals surface area contributed by atoms with Crippen molar-refractivity contribution in [2.24, 2.45) is 0 Å². The molecule has 0 bridgehead atoms. The Kier molecular flexibility index (Phi) is 4.66. The SMILES string of the molecule is CC(C)Oc1cc2c(cc1[N+](=O)[O-])C(=O)N(C1CCN(C)CC1)C2O. The highest BCUT2D eigenvalue weighted by Gasteiger charge is 2.42. The molecule has 25 heavy (non-hydrogen) atoms. The number of amides is 1. The summed E-state index contributed by atoms with van der Waals surface area (Å²) in [6, 6.07) is 2.60. The van der Waals surface area contributed by atoms with Crippen LogP contribution in [0.4, 0.5) is 5.69 Å². The number of hydrogen-bond donors (Lipinski definition) is 1. The second-order valence-corrected chi connectivity index (χ2v) is 6.95. The summed E-state index contributed by atoms with van der Waals surface area (Å²) in [5.74, 6) is -0.271. The lowest BCUT2D eigenvalue weighted by atomic mass is 10.0. The van der Waals surface area contributed by atoms with Crippen LogP contribution in [0.3, 0.4) is 0 Å². The number of likely N-dealkylation sites (tertiary alicyclic amines) is 1. The number of rotatable bonds is 4. The highest BCUT2D eigenvalue weighted by Crippen LogP contribution is 2.41. The number of nitrogens with zero attached hydrogens (tertiary/aromatic N) is 3. The van der Waals surface area contributed by atoms with Gasteiger partial charge in [-0.25, -0.2) is 0 Å². The first kappa shape index (κ1) is 17.6. The molecule has 1 atom stereocenters. The van der Waals surface area contributed by atoms with E-state index in [1.165, 1.54) is 17.0 Å². The van der Waals surface area contributed by atoms with Crippen LogP contribution in [0.15, 0.2) is 12.1 Å². The fraction of sp³-hybridized carbons (Fsp3) is 0.588. The quantitative estimate of drug-likeness (QED) is 0.659. The molecule has 8 heteroatoms. The minimum atomic E-state index is -1.09. The van der Waals surface area contributed by atoms with Gasteiger partial charge in [0.25, 0.3) is 5.91 Å². The number of benzene rings is 1. The summed E-state index contributed by atoms with van der Waals surface area (Å²) in [6.45, 7) is 5.23. The number of aliphatic hydroxyl groups excluding tert-OH is 1. The summed E-state index contributed by atoms with van der Waals surface area (Å²) in [5.41, 5.74) is 0.317. The zero-order chi connectivity index (χ0) is 18.3. The van der Waals surface area contributed by atoms with E-state index in [1.54, 1.807) is 13.8 Å². The van der Waals surface area contributed by atoms with E-state index in [2.05, 4.69) is 4.90 Å². The van der Waals surface area contributed by atoms with Crippen molar-refractivity contribution in [1.29, 1.82) is 0 Å². The molecule has 0 radical (unpaired) electrons. The topological polar surface area (TPSA) is 96.1 Å². The Morgan fingerprint density at radius 2 is 1.96 bits per heavy atom. The van der Waals surface area contributed by atoms with Gasteiger partial charge in [0, 0.05) is 17.7 Å². The molecule has 1 amide bonds. The van der Waals surface area contributed by atoms with Gasteiger partial charge in [0.05, 0.1) is 16.6 Å². The van der Waals surface area contributed by atoms with E-state index >= 15 is 0 Å². The van der Waals surface area contributed by atoms with E-state index < -0.39 is 11.2 Å².